The Kier molecular flexibility index (Phi) is 3.85. The Balaban J connectivity index is 2.12. The van der Waals surface area contributed by atoms with Crippen molar-refractivity contribution in [2.45, 2.75) is 6.54 Å². The Bertz CT molecular complexity index is 620. The SMILES string of the molecule is O=C(O)c1cc(Br)n(CC#Cc2ccccc2)c1. The zero-order valence-corrected chi connectivity index (χ0v) is 11.0. The first-order valence-electron chi connectivity index (χ1n) is 5.30. The summed E-state index contributed by atoms with van der Waals surface area (Å²) < 4.78 is 2.46. The Labute approximate surface area is 113 Å². The van der Waals surface area contributed by atoms with E-state index in [0.29, 0.717) is 11.1 Å². The van der Waals surface area contributed by atoms with Gasteiger partial charge in [0.25, 0.3) is 0 Å². The molecule has 1 N–H and O–H groups in total. The number of carbonyl (C=O) groups is 1. The van der Waals surface area contributed by atoms with Crippen molar-refractivity contribution >= 4 is 21.9 Å². The number of hydrogen-bond donors (Lipinski definition) is 1. The fraction of sp³-hybridized carbons (Fsp3) is 0.0714. The number of rotatable bonds is 2. The predicted molar refractivity (Wildman–Crippen MR) is 72.4 cm³/mol. The molecule has 18 heavy (non-hydrogen) atoms. The molecule has 2 rings (SSSR count). The zero-order chi connectivity index (χ0) is 13.0. The molecule has 0 aliphatic rings. The van der Waals surface area contributed by atoms with Gasteiger partial charge >= 0.3 is 5.97 Å². The Morgan fingerprint density at radius 3 is 2.67 bits per heavy atom. The molecule has 0 fully saturated rings. The van der Waals surface area contributed by atoms with Crippen LogP contribution in [0.25, 0.3) is 0 Å². The van der Waals surface area contributed by atoms with Crippen LogP contribution < -0.4 is 0 Å². The third kappa shape index (κ3) is 3.02. The van der Waals surface area contributed by atoms with E-state index < -0.39 is 5.97 Å². The van der Waals surface area contributed by atoms with Gasteiger partial charge in [-0.3, -0.25) is 0 Å². The van der Waals surface area contributed by atoms with Crippen LogP contribution in [0.3, 0.4) is 0 Å². The summed E-state index contributed by atoms with van der Waals surface area (Å²) in [6.45, 7) is 0.447. The van der Waals surface area contributed by atoms with Gasteiger partial charge in [-0.05, 0) is 34.1 Å². The fourth-order valence-corrected chi connectivity index (χ4v) is 1.94. The lowest BCUT2D eigenvalue weighted by atomic mass is 10.2. The van der Waals surface area contributed by atoms with Crippen LogP contribution >= 0.6 is 15.9 Å². The topological polar surface area (TPSA) is 42.2 Å². The molecule has 0 aliphatic heterocycles. The highest BCUT2D eigenvalue weighted by Crippen LogP contribution is 2.15. The summed E-state index contributed by atoms with van der Waals surface area (Å²) in [5, 5.41) is 8.86. The number of carboxylic acid groups (broad SMARTS) is 1. The molecule has 3 nitrogen and oxygen atoms in total. The number of aromatic carboxylic acids is 1. The molecule has 0 aliphatic carbocycles. The molecular weight excluding hydrogens is 294 g/mol. The summed E-state index contributed by atoms with van der Waals surface area (Å²) in [7, 11) is 0. The molecule has 1 aromatic carbocycles. The maximum absolute atomic E-state index is 10.8. The van der Waals surface area contributed by atoms with Crippen LogP contribution in [0.5, 0.6) is 0 Å². The average Bonchev–Trinajstić information content (AvgIpc) is 2.73. The first kappa shape index (κ1) is 12.5. The molecule has 0 atom stereocenters. The van der Waals surface area contributed by atoms with Gasteiger partial charge in [0.1, 0.15) is 0 Å². The second-order valence-electron chi connectivity index (χ2n) is 3.65. The van der Waals surface area contributed by atoms with Crippen molar-refractivity contribution in [3.05, 3.63) is 58.3 Å². The number of halogens is 1. The summed E-state index contributed by atoms with van der Waals surface area (Å²) in [6, 6.07) is 11.2. The van der Waals surface area contributed by atoms with Crippen LogP contribution in [0.2, 0.25) is 0 Å². The summed E-state index contributed by atoms with van der Waals surface area (Å²) in [5.41, 5.74) is 1.20. The highest BCUT2D eigenvalue weighted by atomic mass is 79.9. The highest BCUT2D eigenvalue weighted by molar-refractivity contribution is 9.10. The van der Waals surface area contributed by atoms with Crippen molar-refractivity contribution in [3.63, 3.8) is 0 Å². The molecule has 0 saturated carbocycles. The minimum absolute atomic E-state index is 0.253. The molecule has 0 radical (unpaired) electrons. The lowest BCUT2D eigenvalue weighted by Gasteiger charge is -1.96. The van der Waals surface area contributed by atoms with Gasteiger partial charge in [-0.25, -0.2) is 4.79 Å². The number of benzene rings is 1. The van der Waals surface area contributed by atoms with E-state index >= 15 is 0 Å². The van der Waals surface area contributed by atoms with E-state index in [2.05, 4.69) is 27.8 Å². The van der Waals surface area contributed by atoms with Gasteiger partial charge in [-0.1, -0.05) is 30.0 Å². The summed E-state index contributed by atoms with van der Waals surface area (Å²) >= 11 is 3.30. The smallest absolute Gasteiger partial charge is 0.337 e. The second-order valence-corrected chi connectivity index (χ2v) is 4.46. The van der Waals surface area contributed by atoms with Gasteiger partial charge in [0.2, 0.25) is 0 Å². The van der Waals surface area contributed by atoms with E-state index in [1.165, 1.54) is 0 Å². The van der Waals surface area contributed by atoms with Crippen molar-refractivity contribution < 1.29 is 9.90 Å². The fourth-order valence-electron chi connectivity index (χ4n) is 1.46. The molecule has 0 bridgehead atoms. The largest absolute Gasteiger partial charge is 0.478 e. The summed E-state index contributed by atoms with van der Waals surface area (Å²) in [6.07, 6.45) is 1.56. The predicted octanol–water partition coefficient (Wildman–Crippen LogP) is 3.00. The average molecular weight is 304 g/mol. The minimum atomic E-state index is -0.939. The van der Waals surface area contributed by atoms with Crippen LogP contribution in [-0.2, 0) is 6.54 Å². The van der Waals surface area contributed by atoms with Crippen molar-refractivity contribution in [2.24, 2.45) is 0 Å². The molecule has 90 valence electrons. The molecule has 1 heterocycles. The lowest BCUT2D eigenvalue weighted by molar-refractivity contribution is 0.0697. The number of nitrogens with zero attached hydrogens (tertiary/aromatic N) is 1. The maximum atomic E-state index is 10.8. The van der Waals surface area contributed by atoms with E-state index in [1.807, 2.05) is 30.3 Å². The van der Waals surface area contributed by atoms with E-state index in [4.69, 9.17) is 5.11 Å². The first-order valence-corrected chi connectivity index (χ1v) is 6.09. The molecule has 0 amide bonds. The van der Waals surface area contributed by atoms with Crippen LogP contribution in [0.1, 0.15) is 15.9 Å². The number of hydrogen-bond acceptors (Lipinski definition) is 1. The zero-order valence-electron chi connectivity index (χ0n) is 9.43. The summed E-state index contributed by atoms with van der Waals surface area (Å²) in [4.78, 5) is 10.8. The Morgan fingerprint density at radius 1 is 1.33 bits per heavy atom. The van der Waals surface area contributed by atoms with Gasteiger partial charge in [0, 0.05) is 11.8 Å². The molecule has 0 spiro atoms. The molecule has 2 aromatic rings. The third-order valence-corrected chi connectivity index (χ3v) is 3.03. The summed E-state index contributed by atoms with van der Waals surface area (Å²) in [5.74, 6) is 5.08. The molecular formula is C14H10BrNO2. The molecule has 0 saturated heterocycles. The second kappa shape index (κ2) is 5.56. The van der Waals surface area contributed by atoms with Crippen molar-refractivity contribution in [2.75, 3.05) is 0 Å². The van der Waals surface area contributed by atoms with E-state index in [0.717, 1.165) is 5.56 Å². The first-order chi connectivity index (χ1) is 8.66. The van der Waals surface area contributed by atoms with Crippen molar-refractivity contribution in [3.8, 4) is 11.8 Å². The number of aromatic nitrogens is 1. The molecule has 0 unspecified atom stereocenters. The van der Waals surface area contributed by atoms with Crippen molar-refractivity contribution in [1.82, 2.24) is 4.57 Å². The lowest BCUT2D eigenvalue weighted by Crippen LogP contribution is -1.95. The van der Waals surface area contributed by atoms with Gasteiger partial charge in [0.15, 0.2) is 0 Å². The highest BCUT2D eigenvalue weighted by Gasteiger charge is 2.07. The maximum Gasteiger partial charge on any atom is 0.337 e. The standard InChI is InChI=1S/C14H10BrNO2/c15-13-9-12(14(17)18)10-16(13)8-4-7-11-5-2-1-3-6-11/h1-3,5-6,9-10H,8H2,(H,17,18). The molecule has 1 aromatic heterocycles. The van der Waals surface area contributed by atoms with Gasteiger partial charge in [0.05, 0.1) is 16.7 Å². The van der Waals surface area contributed by atoms with Crippen LogP contribution in [0.4, 0.5) is 0 Å². The monoisotopic (exact) mass is 303 g/mol. The van der Waals surface area contributed by atoms with Crippen LogP contribution in [0, 0.1) is 11.8 Å². The van der Waals surface area contributed by atoms with Crippen molar-refractivity contribution in [1.29, 1.82) is 0 Å². The third-order valence-electron chi connectivity index (χ3n) is 2.35. The van der Waals surface area contributed by atoms with Crippen LogP contribution in [-0.4, -0.2) is 15.6 Å². The normalized spacial score (nSPS) is 9.61. The van der Waals surface area contributed by atoms with Gasteiger partial charge < -0.3 is 9.67 Å². The number of carboxylic acids is 1. The van der Waals surface area contributed by atoms with E-state index in [9.17, 15) is 4.79 Å². The minimum Gasteiger partial charge on any atom is -0.478 e. The van der Waals surface area contributed by atoms with Gasteiger partial charge in [-0.15, -0.1) is 0 Å². The van der Waals surface area contributed by atoms with Gasteiger partial charge in [-0.2, -0.15) is 0 Å². The quantitative estimate of drug-likeness (QED) is 0.867. The van der Waals surface area contributed by atoms with Crippen LogP contribution in [0.15, 0.2) is 47.2 Å². The molecule has 4 heteroatoms. The Hall–Kier alpha value is -1.99. The van der Waals surface area contributed by atoms with E-state index in [-0.39, 0.29) is 5.56 Å². The Morgan fingerprint density at radius 2 is 2.06 bits per heavy atom. The van der Waals surface area contributed by atoms with E-state index in [1.54, 1.807) is 16.8 Å².